The van der Waals surface area contributed by atoms with E-state index < -0.39 is 0 Å². The second kappa shape index (κ2) is 7.31. The van der Waals surface area contributed by atoms with Crippen LogP contribution in [0.25, 0.3) is 0 Å². The van der Waals surface area contributed by atoms with Gasteiger partial charge in [0.15, 0.2) is 0 Å². The minimum absolute atomic E-state index is 0.503. The summed E-state index contributed by atoms with van der Waals surface area (Å²) >= 11 is 1.73. The fraction of sp³-hybridized carbons (Fsp3) is 0.375. The van der Waals surface area contributed by atoms with Gasteiger partial charge in [0.05, 0.1) is 6.61 Å². The summed E-state index contributed by atoms with van der Waals surface area (Å²) in [6, 6.07) is 11.0. The van der Waals surface area contributed by atoms with Crippen molar-refractivity contribution in [1.82, 2.24) is 5.32 Å². The number of nitrogens with one attached hydrogen (secondary N) is 1. The van der Waals surface area contributed by atoms with Crippen molar-refractivity contribution >= 4 is 11.3 Å². The normalized spacial score (nSPS) is 10.9. The molecule has 0 fully saturated rings. The van der Waals surface area contributed by atoms with Crippen LogP contribution in [-0.4, -0.2) is 12.6 Å². The van der Waals surface area contributed by atoms with Crippen LogP contribution in [0.1, 0.15) is 25.0 Å². The first-order valence-corrected chi connectivity index (χ1v) is 7.64. The Morgan fingerprint density at radius 3 is 2.84 bits per heavy atom. The number of hydrogen-bond acceptors (Lipinski definition) is 3. The van der Waals surface area contributed by atoms with Crippen molar-refractivity contribution in [1.29, 1.82) is 0 Å². The fourth-order valence-corrected chi connectivity index (χ4v) is 2.49. The Hall–Kier alpha value is -1.32. The van der Waals surface area contributed by atoms with Gasteiger partial charge in [-0.25, -0.2) is 0 Å². The predicted molar refractivity (Wildman–Crippen MR) is 81.9 cm³/mol. The summed E-state index contributed by atoms with van der Waals surface area (Å²) in [6.07, 6.45) is 0.970. The first-order valence-electron chi connectivity index (χ1n) is 6.70. The van der Waals surface area contributed by atoms with Crippen LogP contribution in [0.15, 0.2) is 41.1 Å². The van der Waals surface area contributed by atoms with E-state index in [1.807, 2.05) is 6.07 Å². The molecule has 0 aliphatic heterocycles. The summed E-state index contributed by atoms with van der Waals surface area (Å²) < 4.78 is 5.80. The lowest BCUT2D eigenvalue weighted by Gasteiger charge is -2.10. The SMILES string of the molecule is CC(C)NCc1cccc(OCCc2ccsc2)c1. The molecule has 0 aliphatic rings. The van der Waals surface area contributed by atoms with Gasteiger partial charge in [-0.15, -0.1) is 0 Å². The zero-order valence-electron chi connectivity index (χ0n) is 11.6. The summed E-state index contributed by atoms with van der Waals surface area (Å²) in [5.41, 5.74) is 2.62. The van der Waals surface area contributed by atoms with Crippen molar-refractivity contribution < 1.29 is 4.74 Å². The highest BCUT2D eigenvalue weighted by atomic mass is 32.1. The Labute approximate surface area is 119 Å². The molecule has 1 N–H and O–H groups in total. The highest BCUT2D eigenvalue weighted by Gasteiger charge is 1.99. The number of thiophene rings is 1. The van der Waals surface area contributed by atoms with Crippen molar-refractivity contribution in [2.75, 3.05) is 6.61 Å². The lowest BCUT2D eigenvalue weighted by atomic mass is 10.2. The topological polar surface area (TPSA) is 21.3 Å². The molecule has 102 valence electrons. The summed E-state index contributed by atoms with van der Waals surface area (Å²) in [7, 11) is 0. The Kier molecular flexibility index (Phi) is 5.43. The van der Waals surface area contributed by atoms with Gasteiger partial charge in [-0.1, -0.05) is 26.0 Å². The van der Waals surface area contributed by atoms with Gasteiger partial charge < -0.3 is 10.1 Å². The molecule has 0 aliphatic carbocycles. The van der Waals surface area contributed by atoms with E-state index in [1.54, 1.807) is 11.3 Å². The van der Waals surface area contributed by atoms with Crippen LogP contribution in [0, 0.1) is 0 Å². The first-order chi connectivity index (χ1) is 9.24. The van der Waals surface area contributed by atoms with Crippen LogP contribution in [0.3, 0.4) is 0 Å². The fourth-order valence-electron chi connectivity index (χ4n) is 1.79. The molecule has 0 saturated heterocycles. The van der Waals surface area contributed by atoms with Crippen molar-refractivity contribution in [3.05, 3.63) is 52.2 Å². The Balaban J connectivity index is 1.81. The van der Waals surface area contributed by atoms with Crippen molar-refractivity contribution in [3.8, 4) is 5.75 Å². The Morgan fingerprint density at radius 1 is 1.21 bits per heavy atom. The van der Waals surface area contributed by atoms with Gasteiger partial charge in [-0.2, -0.15) is 11.3 Å². The number of ether oxygens (including phenoxy) is 1. The lowest BCUT2D eigenvalue weighted by molar-refractivity contribution is 0.321. The molecule has 0 unspecified atom stereocenters. The third kappa shape index (κ3) is 5.05. The smallest absolute Gasteiger partial charge is 0.119 e. The molecule has 3 heteroatoms. The lowest BCUT2D eigenvalue weighted by Crippen LogP contribution is -2.21. The van der Waals surface area contributed by atoms with Gasteiger partial charge in [0.25, 0.3) is 0 Å². The molecule has 2 aromatic rings. The monoisotopic (exact) mass is 275 g/mol. The summed E-state index contributed by atoms with van der Waals surface area (Å²) in [5, 5.41) is 7.69. The molecule has 0 amide bonds. The third-order valence-electron chi connectivity index (χ3n) is 2.85. The molecule has 0 bridgehead atoms. The van der Waals surface area contributed by atoms with Gasteiger partial charge in [-0.05, 0) is 40.1 Å². The van der Waals surface area contributed by atoms with E-state index >= 15 is 0 Å². The van der Waals surface area contributed by atoms with Gasteiger partial charge in [0, 0.05) is 19.0 Å². The maximum atomic E-state index is 5.80. The van der Waals surface area contributed by atoms with Crippen molar-refractivity contribution in [3.63, 3.8) is 0 Å². The maximum absolute atomic E-state index is 5.80. The van der Waals surface area contributed by atoms with E-state index in [0.29, 0.717) is 6.04 Å². The second-order valence-electron chi connectivity index (χ2n) is 4.91. The minimum Gasteiger partial charge on any atom is -0.493 e. The van der Waals surface area contributed by atoms with Crippen LogP contribution < -0.4 is 10.1 Å². The van der Waals surface area contributed by atoms with Gasteiger partial charge in [-0.3, -0.25) is 0 Å². The molecule has 19 heavy (non-hydrogen) atoms. The predicted octanol–water partition coefficient (Wildman–Crippen LogP) is 3.87. The molecule has 1 aromatic heterocycles. The summed E-state index contributed by atoms with van der Waals surface area (Å²) in [4.78, 5) is 0. The van der Waals surface area contributed by atoms with Gasteiger partial charge >= 0.3 is 0 Å². The van der Waals surface area contributed by atoms with Crippen molar-refractivity contribution in [2.24, 2.45) is 0 Å². The standard InChI is InChI=1S/C16H21NOS/c1-13(2)17-11-15-4-3-5-16(10-15)18-8-6-14-7-9-19-12-14/h3-5,7,9-10,12-13,17H,6,8,11H2,1-2H3. The number of hydrogen-bond donors (Lipinski definition) is 1. The molecule has 1 aromatic carbocycles. The average Bonchev–Trinajstić information content (AvgIpc) is 2.90. The van der Waals surface area contributed by atoms with Crippen molar-refractivity contribution in [2.45, 2.75) is 32.9 Å². The van der Waals surface area contributed by atoms with E-state index in [1.165, 1.54) is 11.1 Å². The zero-order chi connectivity index (χ0) is 13.5. The van der Waals surface area contributed by atoms with Crippen LogP contribution in [0.5, 0.6) is 5.75 Å². The van der Waals surface area contributed by atoms with E-state index in [4.69, 9.17) is 4.74 Å². The van der Waals surface area contributed by atoms with E-state index in [2.05, 4.69) is 54.2 Å². The molecule has 2 rings (SSSR count). The largest absolute Gasteiger partial charge is 0.493 e. The summed E-state index contributed by atoms with van der Waals surface area (Å²) in [5.74, 6) is 0.957. The second-order valence-corrected chi connectivity index (χ2v) is 5.69. The molecule has 0 atom stereocenters. The molecular weight excluding hydrogens is 254 g/mol. The average molecular weight is 275 g/mol. The minimum atomic E-state index is 0.503. The van der Waals surface area contributed by atoms with Crippen LogP contribution in [0.4, 0.5) is 0 Å². The van der Waals surface area contributed by atoms with E-state index in [9.17, 15) is 0 Å². The molecule has 2 nitrogen and oxygen atoms in total. The van der Waals surface area contributed by atoms with Crippen LogP contribution in [-0.2, 0) is 13.0 Å². The molecule has 0 saturated carbocycles. The molecule has 0 spiro atoms. The van der Waals surface area contributed by atoms with Crippen LogP contribution in [0.2, 0.25) is 0 Å². The van der Waals surface area contributed by atoms with Gasteiger partial charge in [0.1, 0.15) is 5.75 Å². The Morgan fingerprint density at radius 2 is 2.11 bits per heavy atom. The van der Waals surface area contributed by atoms with E-state index in [0.717, 1.165) is 25.3 Å². The molecule has 1 heterocycles. The third-order valence-corrected chi connectivity index (χ3v) is 3.58. The zero-order valence-corrected chi connectivity index (χ0v) is 12.4. The van der Waals surface area contributed by atoms with Gasteiger partial charge in [0.2, 0.25) is 0 Å². The molecular formula is C16H21NOS. The Bertz CT molecular complexity index is 479. The number of rotatable bonds is 7. The van der Waals surface area contributed by atoms with Crippen LogP contribution >= 0.6 is 11.3 Å². The van der Waals surface area contributed by atoms with E-state index in [-0.39, 0.29) is 0 Å². The first kappa shape index (κ1) is 14.1. The maximum Gasteiger partial charge on any atom is 0.119 e. The quantitative estimate of drug-likeness (QED) is 0.828. The highest BCUT2D eigenvalue weighted by Crippen LogP contribution is 2.14. The summed E-state index contributed by atoms with van der Waals surface area (Å²) in [6.45, 7) is 5.93. The molecule has 0 radical (unpaired) electrons. The highest BCUT2D eigenvalue weighted by molar-refractivity contribution is 7.07. The number of benzene rings is 1.